The van der Waals surface area contributed by atoms with Crippen molar-refractivity contribution in [2.75, 3.05) is 26.2 Å². The summed E-state index contributed by atoms with van der Waals surface area (Å²) in [5.74, 6) is 0. The molecule has 2 heterocycles. The highest BCUT2D eigenvalue weighted by atomic mass is 32.2. The first kappa shape index (κ1) is 16.8. The van der Waals surface area contributed by atoms with Crippen LogP contribution >= 0.6 is 0 Å². The van der Waals surface area contributed by atoms with Gasteiger partial charge >= 0.3 is 0 Å². The second-order valence-electron chi connectivity index (χ2n) is 5.75. The largest absolute Gasteiger partial charge is 0.295 e. The van der Waals surface area contributed by atoms with Crippen LogP contribution in [0.25, 0.3) is 6.08 Å². The minimum atomic E-state index is -3.37. The Hall–Kier alpha value is -2.02. The molecule has 0 atom stereocenters. The molecule has 0 bridgehead atoms. The zero-order valence-electron chi connectivity index (χ0n) is 13.5. The Labute approximate surface area is 143 Å². The Morgan fingerprint density at radius 2 is 1.67 bits per heavy atom. The summed E-state index contributed by atoms with van der Waals surface area (Å²) in [5.41, 5.74) is 1.90. The van der Waals surface area contributed by atoms with Crippen molar-refractivity contribution in [3.63, 3.8) is 0 Å². The van der Waals surface area contributed by atoms with Crippen LogP contribution in [0, 0.1) is 0 Å². The van der Waals surface area contributed by atoms with E-state index < -0.39 is 10.0 Å². The van der Waals surface area contributed by atoms with Crippen LogP contribution in [0.5, 0.6) is 0 Å². The predicted octanol–water partition coefficient (Wildman–Crippen LogP) is 2.20. The molecule has 5 nitrogen and oxygen atoms in total. The van der Waals surface area contributed by atoms with Crippen LogP contribution in [-0.2, 0) is 16.6 Å². The number of piperazine rings is 1. The molecule has 0 amide bonds. The molecule has 0 spiro atoms. The summed E-state index contributed by atoms with van der Waals surface area (Å²) in [6, 6.07) is 15.3. The Balaban J connectivity index is 1.56. The fourth-order valence-corrected chi connectivity index (χ4v) is 3.85. The van der Waals surface area contributed by atoms with Crippen molar-refractivity contribution >= 4 is 16.1 Å². The Bertz CT molecular complexity index is 768. The van der Waals surface area contributed by atoms with Crippen molar-refractivity contribution in [2.24, 2.45) is 0 Å². The summed E-state index contributed by atoms with van der Waals surface area (Å²) >= 11 is 0. The lowest BCUT2D eigenvalue weighted by atomic mass is 10.2. The molecule has 1 aromatic carbocycles. The van der Waals surface area contributed by atoms with E-state index in [0.29, 0.717) is 13.1 Å². The lowest BCUT2D eigenvalue weighted by molar-refractivity contribution is 0.181. The molecule has 1 saturated heterocycles. The van der Waals surface area contributed by atoms with Gasteiger partial charge in [0, 0.05) is 44.3 Å². The highest BCUT2D eigenvalue weighted by Crippen LogP contribution is 2.13. The van der Waals surface area contributed by atoms with Crippen molar-refractivity contribution in [3.8, 4) is 0 Å². The molecule has 0 aliphatic carbocycles. The molecule has 1 aliphatic heterocycles. The van der Waals surface area contributed by atoms with Crippen LogP contribution < -0.4 is 0 Å². The number of aromatic nitrogens is 1. The van der Waals surface area contributed by atoms with Crippen molar-refractivity contribution in [3.05, 3.63) is 71.4 Å². The maximum Gasteiger partial charge on any atom is 0.236 e. The van der Waals surface area contributed by atoms with Crippen LogP contribution in [0.1, 0.15) is 11.3 Å². The Kier molecular flexibility index (Phi) is 5.40. The van der Waals surface area contributed by atoms with E-state index in [2.05, 4.69) is 9.88 Å². The number of sulfonamides is 1. The van der Waals surface area contributed by atoms with Gasteiger partial charge in [-0.2, -0.15) is 4.31 Å². The molecule has 0 unspecified atom stereocenters. The van der Waals surface area contributed by atoms with Gasteiger partial charge in [0.15, 0.2) is 0 Å². The highest BCUT2D eigenvalue weighted by molar-refractivity contribution is 7.92. The molecular formula is C18H21N3O2S. The average Bonchev–Trinajstić information content (AvgIpc) is 2.62. The minimum Gasteiger partial charge on any atom is -0.295 e. The summed E-state index contributed by atoms with van der Waals surface area (Å²) in [6.45, 7) is 3.21. The Morgan fingerprint density at radius 3 is 2.33 bits per heavy atom. The van der Waals surface area contributed by atoms with E-state index in [-0.39, 0.29) is 0 Å². The molecule has 126 valence electrons. The van der Waals surface area contributed by atoms with Gasteiger partial charge in [-0.15, -0.1) is 0 Å². The van der Waals surface area contributed by atoms with Gasteiger partial charge in [-0.05, 0) is 23.8 Å². The number of pyridine rings is 1. The number of benzene rings is 1. The molecule has 3 rings (SSSR count). The molecule has 0 saturated carbocycles. The lowest BCUT2D eigenvalue weighted by Gasteiger charge is -2.33. The van der Waals surface area contributed by atoms with Crippen molar-refractivity contribution in [1.82, 2.24) is 14.2 Å². The first-order valence-electron chi connectivity index (χ1n) is 7.99. The summed E-state index contributed by atoms with van der Waals surface area (Å²) in [4.78, 5) is 6.55. The maximum atomic E-state index is 12.4. The summed E-state index contributed by atoms with van der Waals surface area (Å²) in [7, 11) is -3.37. The number of nitrogens with zero attached hydrogens (tertiary/aromatic N) is 3. The van der Waals surface area contributed by atoms with Crippen LogP contribution in [-0.4, -0.2) is 48.8 Å². The van der Waals surface area contributed by atoms with E-state index in [4.69, 9.17) is 0 Å². The van der Waals surface area contributed by atoms with Gasteiger partial charge in [-0.25, -0.2) is 8.42 Å². The molecule has 24 heavy (non-hydrogen) atoms. The average molecular weight is 343 g/mol. The minimum absolute atomic E-state index is 0.508. The van der Waals surface area contributed by atoms with E-state index in [9.17, 15) is 8.42 Å². The summed E-state index contributed by atoms with van der Waals surface area (Å²) in [6.07, 6.45) is 3.43. The van der Waals surface area contributed by atoms with Crippen LogP contribution in [0.15, 0.2) is 60.1 Å². The van der Waals surface area contributed by atoms with Gasteiger partial charge < -0.3 is 0 Å². The summed E-state index contributed by atoms with van der Waals surface area (Å²) in [5, 5.41) is 1.30. The third kappa shape index (κ3) is 4.50. The zero-order chi connectivity index (χ0) is 16.8. The van der Waals surface area contributed by atoms with Gasteiger partial charge in [0.25, 0.3) is 0 Å². The molecule has 1 fully saturated rings. The van der Waals surface area contributed by atoms with Crippen molar-refractivity contribution < 1.29 is 8.42 Å². The predicted molar refractivity (Wildman–Crippen MR) is 95.5 cm³/mol. The van der Waals surface area contributed by atoms with E-state index in [0.717, 1.165) is 30.9 Å². The van der Waals surface area contributed by atoms with E-state index in [1.54, 1.807) is 16.6 Å². The van der Waals surface area contributed by atoms with E-state index in [1.807, 2.05) is 48.5 Å². The second-order valence-corrected chi connectivity index (χ2v) is 7.57. The SMILES string of the molecule is O=S(=O)(C=Cc1ccccc1)N1CCN(Cc2ccccn2)CC1. The second kappa shape index (κ2) is 7.70. The fourth-order valence-electron chi connectivity index (χ4n) is 2.68. The number of hydrogen-bond acceptors (Lipinski definition) is 4. The Morgan fingerprint density at radius 1 is 0.958 bits per heavy atom. The molecule has 1 aliphatic rings. The molecule has 0 N–H and O–H groups in total. The number of rotatable bonds is 5. The van der Waals surface area contributed by atoms with Crippen molar-refractivity contribution in [2.45, 2.75) is 6.54 Å². The zero-order valence-corrected chi connectivity index (χ0v) is 14.3. The third-order valence-corrected chi connectivity index (χ3v) is 5.60. The van der Waals surface area contributed by atoms with Gasteiger partial charge in [0.1, 0.15) is 0 Å². The van der Waals surface area contributed by atoms with Crippen molar-refractivity contribution in [1.29, 1.82) is 0 Å². The third-order valence-electron chi connectivity index (χ3n) is 4.03. The highest BCUT2D eigenvalue weighted by Gasteiger charge is 2.25. The quantitative estimate of drug-likeness (QED) is 0.835. The maximum absolute atomic E-state index is 12.4. The molecule has 6 heteroatoms. The van der Waals surface area contributed by atoms with Gasteiger partial charge in [-0.1, -0.05) is 36.4 Å². The van der Waals surface area contributed by atoms with Crippen LogP contribution in [0.3, 0.4) is 0 Å². The molecule has 1 aromatic heterocycles. The standard InChI is InChI=1S/C18H21N3O2S/c22-24(23,15-9-17-6-2-1-3-7-17)21-13-11-20(12-14-21)16-18-8-4-5-10-19-18/h1-10,15H,11-14,16H2. The topological polar surface area (TPSA) is 53.5 Å². The van der Waals surface area contributed by atoms with Gasteiger partial charge in [-0.3, -0.25) is 9.88 Å². The van der Waals surface area contributed by atoms with Crippen LogP contribution in [0.4, 0.5) is 0 Å². The monoisotopic (exact) mass is 343 g/mol. The smallest absolute Gasteiger partial charge is 0.236 e. The molecular weight excluding hydrogens is 322 g/mol. The van der Waals surface area contributed by atoms with E-state index in [1.165, 1.54) is 5.41 Å². The van der Waals surface area contributed by atoms with Gasteiger partial charge in [0.2, 0.25) is 10.0 Å². The van der Waals surface area contributed by atoms with Crippen LogP contribution in [0.2, 0.25) is 0 Å². The number of hydrogen-bond donors (Lipinski definition) is 0. The molecule has 2 aromatic rings. The first-order chi connectivity index (χ1) is 11.6. The molecule has 0 radical (unpaired) electrons. The fraction of sp³-hybridized carbons (Fsp3) is 0.278. The first-order valence-corrected chi connectivity index (χ1v) is 9.49. The normalized spacial score (nSPS) is 17.3. The summed E-state index contributed by atoms with van der Waals surface area (Å²) < 4.78 is 26.4. The lowest BCUT2D eigenvalue weighted by Crippen LogP contribution is -2.47. The van der Waals surface area contributed by atoms with Gasteiger partial charge in [0.05, 0.1) is 5.69 Å². The van der Waals surface area contributed by atoms with E-state index >= 15 is 0 Å².